The minimum absolute atomic E-state index is 0.149. The molecular formula is C63H30F3N9. The second kappa shape index (κ2) is 17.9. The van der Waals surface area contributed by atoms with Crippen molar-refractivity contribution in [2.24, 2.45) is 0 Å². The van der Waals surface area contributed by atoms with Crippen LogP contribution in [-0.4, -0.2) is 9.13 Å². The van der Waals surface area contributed by atoms with Crippen molar-refractivity contribution in [3.05, 3.63) is 237 Å². The van der Waals surface area contributed by atoms with Gasteiger partial charge in [0.05, 0.1) is 83.4 Å². The van der Waals surface area contributed by atoms with E-state index in [0.29, 0.717) is 67.0 Å². The van der Waals surface area contributed by atoms with Gasteiger partial charge in [-0.05, 0) is 125 Å². The molecule has 2 heterocycles. The lowest BCUT2D eigenvalue weighted by molar-refractivity contribution is -0.137. The Hall–Kier alpha value is -11.2. The number of halogens is 3. The standard InChI is InChI=1S/C63H30F3N9/c1-36-23-41(27-44(24-36)63(64,65)66)38-17-20-58(74-54-14-8-6-11-46(54)48-30-39(18-21-56(48)74)60-42(34-68)25-37(33-67)26-52(60)72-4)50(29-38)62-51(71-3)13-10-16-59(62)75-55-15-9-7-12-47(55)49-31-40(19-22-57(49)75)61-43(35-69)28-45(70-2)32-53(61)73-5/h6-32H,1H3. The van der Waals surface area contributed by atoms with Crippen LogP contribution in [0.3, 0.4) is 0 Å². The third-order valence-corrected chi connectivity index (χ3v) is 13.5. The Bertz CT molecular complexity index is 4570. The van der Waals surface area contributed by atoms with Crippen molar-refractivity contribution in [2.45, 2.75) is 13.1 Å². The van der Waals surface area contributed by atoms with E-state index in [1.165, 1.54) is 24.3 Å². The Morgan fingerprint density at radius 2 is 1.00 bits per heavy atom. The Kier molecular flexibility index (Phi) is 11.0. The summed E-state index contributed by atoms with van der Waals surface area (Å²) in [6.45, 7) is 33.9. The normalized spacial score (nSPS) is 11.1. The van der Waals surface area contributed by atoms with E-state index in [4.69, 9.17) is 26.3 Å². The fraction of sp³-hybridized carbons (Fsp3) is 0.0317. The molecule has 2 aromatic heterocycles. The van der Waals surface area contributed by atoms with E-state index in [1.54, 1.807) is 31.2 Å². The van der Waals surface area contributed by atoms with Gasteiger partial charge in [-0.15, -0.1) is 0 Å². The van der Waals surface area contributed by atoms with Crippen molar-refractivity contribution in [3.8, 4) is 74.1 Å². The van der Waals surface area contributed by atoms with Gasteiger partial charge in [-0.1, -0.05) is 78.9 Å². The van der Waals surface area contributed by atoms with Crippen molar-refractivity contribution in [3.63, 3.8) is 0 Å². The quantitative estimate of drug-likeness (QED) is 0.155. The Morgan fingerprint density at radius 1 is 0.440 bits per heavy atom. The lowest BCUT2D eigenvalue weighted by Gasteiger charge is -2.21. The maximum atomic E-state index is 14.5. The fourth-order valence-corrected chi connectivity index (χ4v) is 10.4. The van der Waals surface area contributed by atoms with Crippen LogP contribution in [0, 0.1) is 67.2 Å². The molecule has 12 heteroatoms. The summed E-state index contributed by atoms with van der Waals surface area (Å²) in [7, 11) is 0. The molecule has 0 fully saturated rings. The summed E-state index contributed by atoms with van der Waals surface area (Å²) in [5.41, 5.74) is 8.77. The first-order chi connectivity index (χ1) is 36.4. The number of nitrogens with zero attached hydrogens (tertiary/aromatic N) is 9. The van der Waals surface area contributed by atoms with Crippen molar-refractivity contribution in [1.82, 2.24) is 9.13 Å². The maximum Gasteiger partial charge on any atom is 0.416 e. The van der Waals surface area contributed by atoms with Crippen LogP contribution < -0.4 is 0 Å². The number of hydrogen-bond acceptors (Lipinski definition) is 3. The monoisotopic (exact) mass is 969 g/mol. The van der Waals surface area contributed by atoms with Crippen LogP contribution in [0.2, 0.25) is 0 Å². The number of alkyl halides is 3. The summed E-state index contributed by atoms with van der Waals surface area (Å²) in [4.78, 5) is 15.0. The number of hydrogen-bond donors (Lipinski definition) is 0. The molecule has 348 valence electrons. The summed E-state index contributed by atoms with van der Waals surface area (Å²) >= 11 is 0. The summed E-state index contributed by atoms with van der Waals surface area (Å²) < 4.78 is 47.5. The molecule has 11 rings (SSSR count). The molecule has 0 saturated carbocycles. The van der Waals surface area contributed by atoms with Gasteiger partial charge in [0.2, 0.25) is 0 Å². The van der Waals surface area contributed by atoms with Crippen molar-refractivity contribution in [2.75, 3.05) is 0 Å². The van der Waals surface area contributed by atoms with Crippen LogP contribution >= 0.6 is 0 Å². The molecule has 11 aromatic rings. The second-order valence-corrected chi connectivity index (χ2v) is 17.7. The van der Waals surface area contributed by atoms with Gasteiger partial charge in [0.15, 0.2) is 22.7 Å². The van der Waals surface area contributed by atoms with Gasteiger partial charge in [0.25, 0.3) is 0 Å². The minimum atomic E-state index is -4.62. The zero-order chi connectivity index (χ0) is 52.3. The van der Waals surface area contributed by atoms with Gasteiger partial charge in [0.1, 0.15) is 0 Å². The lowest BCUT2D eigenvalue weighted by Crippen LogP contribution is -2.05. The molecule has 0 aliphatic carbocycles. The largest absolute Gasteiger partial charge is 0.416 e. The lowest BCUT2D eigenvalue weighted by atomic mass is 9.93. The van der Waals surface area contributed by atoms with Crippen LogP contribution in [0.4, 0.5) is 35.9 Å². The molecule has 0 atom stereocenters. The van der Waals surface area contributed by atoms with Gasteiger partial charge >= 0.3 is 6.18 Å². The average molecular weight is 970 g/mol. The first-order valence-corrected chi connectivity index (χ1v) is 23.0. The second-order valence-electron chi connectivity index (χ2n) is 17.7. The van der Waals surface area contributed by atoms with E-state index >= 15 is 0 Å². The number of nitriles is 3. The Labute approximate surface area is 427 Å². The fourth-order valence-electron chi connectivity index (χ4n) is 10.4. The molecule has 9 aromatic carbocycles. The molecule has 9 nitrogen and oxygen atoms in total. The number of aryl methyl sites for hydroxylation is 1. The minimum Gasteiger partial charge on any atom is -0.310 e. The van der Waals surface area contributed by atoms with Crippen LogP contribution in [0.5, 0.6) is 0 Å². The highest BCUT2D eigenvalue weighted by Crippen LogP contribution is 2.48. The first kappa shape index (κ1) is 46.2. The topological polar surface area (TPSA) is 98.7 Å². The predicted octanol–water partition coefficient (Wildman–Crippen LogP) is 17.7. The highest BCUT2D eigenvalue weighted by atomic mass is 19.4. The average Bonchev–Trinajstić information content (AvgIpc) is 3.95. The number of fused-ring (bicyclic) bond motifs is 6. The van der Waals surface area contributed by atoms with Crippen molar-refractivity contribution in [1.29, 1.82) is 15.8 Å². The zero-order valence-corrected chi connectivity index (χ0v) is 39.2. The molecule has 0 radical (unpaired) electrons. The highest BCUT2D eigenvalue weighted by molar-refractivity contribution is 6.14. The molecule has 0 N–H and O–H groups in total. The predicted molar refractivity (Wildman–Crippen MR) is 286 cm³/mol. The van der Waals surface area contributed by atoms with Crippen LogP contribution in [0.15, 0.2) is 164 Å². The summed E-state index contributed by atoms with van der Waals surface area (Å²) in [5, 5.41) is 33.4. The molecule has 0 aliphatic rings. The third kappa shape index (κ3) is 7.51. The SMILES string of the molecule is [C-]#[N+]c1cc(C#N)c(-c2ccc3c(c2)c2ccccc2n3-c2cccc([N+]#[C-])c2-c2cc(-c3cc(C)cc(C(F)(F)F)c3)ccc2-n2c3ccccc3c3cc(-c4c(C#N)cc(C#N)cc4[N+]#[C-])ccc32)c([N+]#[C-])c1. The molecular weight excluding hydrogens is 940 g/mol. The van der Waals surface area contributed by atoms with Crippen LogP contribution in [0.25, 0.3) is 119 Å². The van der Waals surface area contributed by atoms with E-state index in [1.807, 2.05) is 118 Å². The third-order valence-electron chi connectivity index (χ3n) is 13.5. The molecule has 0 spiro atoms. The van der Waals surface area contributed by atoms with Crippen molar-refractivity contribution < 1.29 is 13.2 Å². The van der Waals surface area contributed by atoms with Gasteiger partial charge in [0, 0.05) is 55.0 Å². The Balaban J connectivity index is 1.22. The molecule has 0 amide bonds. The van der Waals surface area contributed by atoms with Gasteiger partial charge in [-0.3, -0.25) is 0 Å². The number of benzene rings is 9. The maximum absolute atomic E-state index is 14.5. The van der Waals surface area contributed by atoms with Crippen molar-refractivity contribution >= 4 is 66.4 Å². The van der Waals surface area contributed by atoms with E-state index in [0.717, 1.165) is 50.2 Å². The van der Waals surface area contributed by atoms with Gasteiger partial charge in [-0.25, -0.2) is 19.4 Å². The molecule has 75 heavy (non-hydrogen) atoms. The number of rotatable bonds is 6. The summed E-state index contributed by atoms with van der Waals surface area (Å²) in [6.07, 6.45) is -4.62. The highest BCUT2D eigenvalue weighted by Gasteiger charge is 2.31. The van der Waals surface area contributed by atoms with E-state index < -0.39 is 11.7 Å². The van der Waals surface area contributed by atoms with E-state index in [2.05, 4.69) is 31.5 Å². The summed E-state index contributed by atoms with van der Waals surface area (Å²) in [6, 6.07) is 53.8. The van der Waals surface area contributed by atoms with E-state index in [9.17, 15) is 29.0 Å². The van der Waals surface area contributed by atoms with Crippen LogP contribution in [0.1, 0.15) is 27.8 Å². The molecule has 0 saturated heterocycles. The zero-order valence-electron chi connectivity index (χ0n) is 39.2. The van der Waals surface area contributed by atoms with Crippen LogP contribution in [-0.2, 0) is 6.18 Å². The van der Waals surface area contributed by atoms with E-state index in [-0.39, 0.29) is 39.4 Å². The summed E-state index contributed by atoms with van der Waals surface area (Å²) in [5.74, 6) is 0. The Morgan fingerprint density at radius 3 is 1.57 bits per heavy atom. The number of aromatic nitrogens is 2. The first-order valence-electron chi connectivity index (χ1n) is 23.0. The molecule has 0 bridgehead atoms. The van der Waals surface area contributed by atoms with Gasteiger partial charge < -0.3 is 9.13 Å². The number of para-hydroxylation sites is 2. The smallest absolute Gasteiger partial charge is 0.310 e. The molecule has 0 aliphatic heterocycles. The molecule has 0 unspecified atom stereocenters. The van der Waals surface area contributed by atoms with Gasteiger partial charge in [-0.2, -0.15) is 29.0 Å².